The van der Waals surface area contributed by atoms with Gasteiger partial charge in [-0.1, -0.05) is 12.5 Å². The van der Waals surface area contributed by atoms with Gasteiger partial charge < -0.3 is 20.1 Å². The highest BCUT2D eigenvalue weighted by Gasteiger charge is 2.26. The van der Waals surface area contributed by atoms with Crippen LogP contribution in [0.25, 0.3) is 33.5 Å². The molecule has 2 saturated heterocycles. The molecular formula is C31H31F2N7O. The number of nitrogens with zero attached hydrogens (tertiary/aromatic N) is 4. The Balaban J connectivity index is 1.14. The molecule has 3 aromatic carbocycles. The van der Waals surface area contributed by atoms with Crippen LogP contribution < -0.4 is 10.2 Å². The van der Waals surface area contributed by atoms with E-state index >= 15 is 0 Å². The van der Waals surface area contributed by atoms with E-state index in [0.717, 1.165) is 36.3 Å². The van der Waals surface area contributed by atoms with Gasteiger partial charge in [0.05, 0.1) is 33.2 Å². The monoisotopic (exact) mass is 555 g/mol. The van der Waals surface area contributed by atoms with Gasteiger partial charge in [-0.3, -0.25) is 9.89 Å². The lowest BCUT2D eigenvalue weighted by Crippen LogP contribution is -2.46. The maximum absolute atomic E-state index is 14.3. The van der Waals surface area contributed by atoms with Crippen molar-refractivity contribution in [1.82, 2.24) is 25.1 Å². The van der Waals surface area contributed by atoms with E-state index in [4.69, 9.17) is 4.98 Å². The summed E-state index contributed by atoms with van der Waals surface area (Å²) in [6, 6.07) is 15.2. The summed E-state index contributed by atoms with van der Waals surface area (Å²) in [5.41, 5.74) is 4.32. The molecule has 0 bridgehead atoms. The van der Waals surface area contributed by atoms with Crippen LogP contribution in [0.15, 0.2) is 54.6 Å². The minimum Gasteiger partial charge on any atom is -0.371 e. The van der Waals surface area contributed by atoms with Gasteiger partial charge in [-0.2, -0.15) is 5.10 Å². The van der Waals surface area contributed by atoms with E-state index < -0.39 is 17.5 Å². The predicted molar refractivity (Wildman–Crippen MR) is 156 cm³/mol. The van der Waals surface area contributed by atoms with E-state index in [2.05, 4.69) is 42.4 Å². The molecule has 0 atom stereocenters. The van der Waals surface area contributed by atoms with E-state index in [9.17, 15) is 13.6 Å². The molecule has 8 nitrogen and oxygen atoms in total. The summed E-state index contributed by atoms with van der Waals surface area (Å²) >= 11 is 0. The molecule has 7 rings (SSSR count). The van der Waals surface area contributed by atoms with Crippen molar-refractivity contribution in [1.29, 1.82) is 0 Å². The Bertz CT molecular complexity index is 1730. The highest BCUT2D eigenvalue weighted by Crippen LogP contribution is 2.33. The number of nitrogens with one attached hydrogen (secondary N) is 3. The summed E-state index contributed by atoms with van der Waals surface area (Å²) in [6.45, 7) is 4.55. The fourth-order valence-electron chi connectivity index (χ4n) is 6.29. The summed E-state index contributed by atoms with van der Waals surface area (Å²) in [5, 5.41) is 10.9. The molecule has 0 saturated carbocycles. The summed E-state index contributed by atoms with van der Waals surface area (Å²) in [5.74, 6) is -1.79. The van der Waals surface area contributed by atoms with E-state index in [1.807, 2.05) is 12.1 Å². The second kappa shape index (κ2) is 10.6. The lowest BCUT2D eigenvalue weighted by molar-refractivity contribution is 0.102. The third-order valence-electron chi connectivity index (χ3n) is 8.44. The van der Waals surface area contributed by atoms with Crippen LogP contribution in [0, 0.1) is 11.6 Å². The number of hydrogen-bond acceptors (Lipinski definition) is 5. The number of aromatic nitrogens is 4. The first kappa shape index (κ1) is 25.6. The molecule has 0 spiro atoms. The molecule has 210 valence electrons. The number of rotatable bonds is 5. The van der Waals surface area contributed by atoms with Crippen molar-refractivity contribution >= 4 is 39.2 Å². The van der Waals surface area contributed by atoms with Gasteiger partial charge in [0.1, 0.15) is 17.3 Å². The fraction of sp³-hybridized carbons (Fsp3) is 0.323. The number of piperidine rings is 2. The van der Waals surface area contributed by atoms with Gasteiger partial charge in [-0.25, -0.2) is 13.8 Å². The zero-order valence-electron chi connectivity index (χ0n) is 22.6. The van der Waals surface area contributed by atoms with Crippen LogP contribution >= 0.6 is 0 Å². The Morgan fingerprint density at radius 1 is 0.927 bits per heavy atom. The molecule has 41 heavy (non-hydrogen) atoms. The van der Waals surface area contributed by atoms with E-state index in [-0.39, 0.29) is 5.56 Å². The molecule has 10 heteroatoms. The number of carbonyl (C=O) groups is 1. The average molecular weight is 556 g/mol. The number of H-pyrrole nitrogens is 2. The smallest absolute Gasteiger partial charge is 0.258 e. The van der Waals surface area contributed by atoms with Crippen LogP contribution in [0.4, 0.5) is 20.2 Å². The van der Waals surface area contributed by atoms with Gasteiger partial charge in [-0.05, 0) is 81.2 Å². The highest BCUT2D eigenvalue weighted by atomic mass is 19.1. The van der Waals surface area contributed by atoms with Crippen molar-refractivity contribution in [3.63, 3.8) is 0 Å². The minimum absolute atomic E-state index is 0.246. The molecule has 5 aromatic rings. The van der Waals surface area contributed by atoms with Crippen molar-refractivity contribution in [2.24, 2.45) is 0 Å². The predicted octanol–water partition coefficient (Wildman–Crippen LogP) is 6.09. The summed E-state index contributed by atoms with van der Waals surface area (Å²) in [7, 11) is 0. The number of hydrogen-bond donors (Lipinski definition) is 3. The van der Waals surface area contributed by atoms with Gasteiger partial charge in [0.15, 0.2) is 5.82 Å². The third-order valence-corrected chi connectivity index (χ3v) is 8.44. The van der Waals surface area contributed by atoms with Crippen LogP contribution in [0.5, 0.6) is 0 Å². The van der Waals surface area contributed by atoms with Gasteiger partial charge in [0.2, 0.25) is 0 Å². The molecule has 0 unspecified atom stereocenters. The normalized spacial score (nSPS) is 17.0. The molecular weight excluding hydrogens is 524 g/mol. The maximum atomic E-state index is 14.3. The lowest BCUT2D eigenvalue weighted by Gasteiger charge is -2.41. The molecule has 2 aromatic heterocycles. The molecule has 0 radical (unpaired) electrons. The Hall–Kier alpha value is -4.31. The number of amides is 1. The van der Waals surface area contributed by atoms with Crippen molar-refractivity contribution in [3.8, 4) is 11.5 Å². The van der Waals surface area contributed by atoms with Gasteiger partial charge in [0.25, 0.3) is 5.91 Å². The van der Waals surface area contributed by atoms with E-state index in [1.165, 1.54) is 50.9 Å². The number of likely N-dealkylation sites (tertiary alicyclic amines) is 1. The highest BCUT2D eigenvalue weighted by molar-refractivity contribution is 6.11. The van der Waals surface area contributed by atoms with Gasteiger partial charge in [0, 0.05) is 30.9 Å². The molecule has 1 amide bonds. The van der Waals surface area contributed by atoms with E-state index in [1.54, 1.807) is 12.1 Å². The lowest BCUT2D eigenvalue weighted by atomic mass is 9.99. The third kappa shape index (κ3) is 4.93. The quantitative estimate of drug-likeness (QED) is 0.244. The Morgan fingerprint density at radius 2 is 1.76 bits per heavy atom. The minimum atomic E-state index is -0.925. The second-order valence-electron chi connectivity index (χ2n) is 11.0. The van der Waals surface area contributed by atoms with Gasteiger partial charge >= 0.3 is 0 Å². The number of imidazole rings is 1. The summed E-state index contributed by atoms with van der Waals surface area (Å²) in [6.07, 6.45) is 6.38. The molecule has 3 N–H and O–H groups in total. The Labute approximate surface area is 235 Å². The number of anilines is 2. The molecule has 2 aliphatic rings. The molecule has 2 fully saturated rings. The van der Waals surface area contributed by atoms with Crippen molar-refractivity contribution in [2.45, 2.75) is 38.1 Å². The Morgan fingerprint density at radius 3 is 2.56 bits per heavy atom. The number of fused-ring (bicyclic) bond motifs is 2. The largest absolute Gasteiger partial charge is 0.371 e. The summed E-state index contributed by atoms with van der Waals surface area (Å²) in [4.78, 5) is 26.2. The number of carbonyl (C=O) groups excluding carboxylic acids is 1. The fourth-order valence-corrected chi connectivity index (χ4v) is 6.29. The first-order valence-electron chi connectivity index (χ1n) is 14.3. The van der Waals surface area contributed by atoms with Crippen molar-refractivity contribution in [2.75, 3.05) is 36.4 Å². The van der Waals surface area contributed by atoms with E-state index in [0.29, 0.717) is 40.2 Å². The zero-order chi connectivity index (χ0) is 27.9. The van der Waals surface area contributed by atoms with Gasteiger partial charge in [-0.15, -0.1) is 0 Å². The standard InChI is InChI=1S/C31H31F2N7O/c32-19-7-9-22(23(33)17-19)31(41)36-25-5-4-6-26-28(25)29(38-37-26)30-34-24-10-8-21(18-27(24)35-30)40-15-11-20(12-16-40)39-13-2-1-3-14-39/h4-10,17-18,20H,1-3,11-16H2,(H,34,35)(H,36,41)(H,37,38). The average Bonchev–Trinajstić information content (AvgIpc) is 3.62. The first-order chi connectivity index (χ1) is 20.0. The van der Waals surface area contributed by atoms with Crippen LogP contribution in [-0.4, -0.2) is 63.2 Å². The molecule has 4 heterocycles. The Kier molecular flexibility index (Phi) is 6.62. The van der Waals surface area contributed by atoms with Crippen LogP contribution in [0.2, 0.25) is 0 Å². The topological polar surface area (TPSA) is 92.9 Å². The molecule has 0 aliphatic carbocycles. The maximum Gasteiger partial charge on any atom is 0.258 e. The zero-order valence-corrected chi connectivity index (χ0v) is 22.6. The van der Waals surface area contributed by atoms with Crippen molar-refractivity contribution < 1.29 is 13.6 Å². The number of aromatic amines is 2. The van der Waals surface area contributed by atoms with Crippen LogP contribution in [0.3, 0.4) is 0 Å². The SMILES string of the molecule is O=C(Nc1cccc2[nH]nc(-c3nc4ccc(N5CCC(N6CCCCC6)CC5)cc4[nH]3)c12)c1ccc(F)cc1F. The number of halogens is 2. The first-order valence-corrected chi connectivity index (χ1v) is 14.3. The number of benzene rings is 3. The summed E-state index contributed by atoms with van der Waals surface area (Å²) < 4.78 is 27.6. The van der Waals surface area contributed by atoms with Crippen LogP contribution in [-0.2, 0) is 0 Å². The van der Waals surface area contributed by atoms with Crippen LogP contribution in [0.1, 0.15) is 42.5 Å². The second-order valence-corrected chi connectivity index (χ2v) is 11.0. The van der Waals surface area contributed by atoms with Crippen molar-refractivity contribution in [3.05, 3.63) is 71.8 Å². The molecule has 2 aliphatic heterocycles.